The van der Waals surface area contributed by atoms with Crippen LogP contribution in [0.1, 0.15) is 10.4 Å². The SMILES string of the molecule is CS(=O)(=O)c1ccc(C(=O)OC2CN(c3nc4ccc(F)cc4s3)C2)cc1. The summed E-state index contributed by atoms with van der Waals surface area (Å²) in [5, 5.41) is 0.764. The number of aromatic nitrogens is 1. The number of sulfone groups is 1. The van der Waals surface area contributed by atoms with Crippen LogP contribution in [0.2, 0.25) is 0 Å². The van der Waals surface area contributed by atoms with Gasteiger partial charge in [-0.05, 0) is 42.5 Å². The molecule has 0 radical (unpaired) electrons. The molecule has 2 heterocycles. The van der Waals surface area contributed by atoms with Crippen molar-refractivity contribution in [1.82, 2.24) is 4.98 Å². The molecule has 1 aliphatic heterocycles. The average Bonchev–Trinajstić information content (AvgIpc) is 2.99. The van der Waals surface area contributed by atoms with E-state index in [-0.39, 0.29) is 16.8 Å². The number of hydrogen-bond acceptors (Lipinski definition) is 7. The van der Waals surface area contributed by atoms with Gasteiger partial charge in [0.2, 0.25) is 0 Å². The van der Waals surface area contributed by atoms with Gasteiger partial charge in [0, 0.05) is 6.26 Å². The number of anilines is 1. The zero-order chi connectivity index (χ0) is 19.2. The highest BCUT2D eigenvalue weighted by Crippen LogP contribution is 2.32. The van der Waals surface area contributed by atoms with E-state index in [0.717, 1.165) is 21.6 Å². The van der Waals surface area contributed by atoms with Crippen molar-refractivity contribution in [3.63, 3.8) is 0 Å². The number of ether oxygens (including phenoxy) is 1. The van der Waals surface area contributed by atoms with Crippen LogP contribution in [0.5, 0.6) is 0 Å². The van der Waals surface area contributed by atoms with Gasteiger partial charge in [0.25, 0.3) is 0 Å². The smallest absolute Gasteiger partial charge is 0.338 e. The van der Waals surface area contributed by atoms with Gasteiger partial charge in [-0.15, -0.1) is 0 Å². The Hall–Kier alpha value is -2.52. The summed E-state index contributed by atoms with van der Waals surface area (Å²) in [7, 11) is -3.30. The number of thiazole rings is 1. The van der Waals surface area contributed by atoms with Gasteiger partial charge in [-0.2, -0.15) is 0 Å². The fourth-order valence-electron chi connectivity index (χ4n) is 2.75. The Kier molecular flexibility index (Phi) is 4.35. The molecule has 27 heavy (non-hydrogen) atoms. The number of benzene rings is 2. The van der Waals surface area contributed by atoms with Gasteiger partial charge >= 0.3 is 5.97 Å². The minimum Gasteiger partial charge on any atom is -0.455 e. The van der Waals surface area contributed by atoms with Crippen molar-refractivity contribution in [2.75, 3.05) is 24.2 Å². The van der Waals surface area contributed by atoms with E-state index in [1.807, 2.05) is 4.90 Å². The van der Waals surface area contributed by atoms with Crippen LogP contribution < -0.4 is 4.90 Å². The van der Waals surface area contributed by atoms with Crippen molar-refractivity contribution in [3.8, 4) is 0 Å². The Balaban J connectivity index is 1.37. The molecule has 1 saturated heterocycles. The molecule has 2 aromatic carbocycles. The molecule has 4 rings (SSSR count). The number of carbonyl (C=O) groups excluding carboxylic acids is 1. The lowest BCUT2D eigenvalue weighted by Gasteiger charge is -2.38. The number of nitrogens with zero attached hydrogens (tertiary/aromatic N) is 2. The van der Waals surface area contributed by atoms with Gasteiger partial charge in [-0.1, -0.05) is 11.3 Å². The van der Waals surface area contributed by atoms with Gasteiger partial charge in [0.15, 0.2) is 15.0 Å². The lowest BCUT2D eigenvalue weighted by molar-refractivity contribution is 0.0234. The van der Waals surface area contributed by atoms with Gasteiger partial charge in [0.05, 0.1) is 33.8 Å². The number of esters is 1. The first-order chi connectivity index (χ1) is 12.8. The predicted molar refractivity (Wildman–Crippen MR) is 101 cm³/mol. The summed E-state index contributed by atoms with van der Waals surface area (Å²) in [5.74, 6) is -0.791. The third-order valence-electron chi connectivity index (χ3n) is 4.25. The van der Waals surface area contributed by atoms with Gasteiger partial charge in [0.1, 0.15) is 11.9 Å². The first kappa shape index (κ1) is 17.9. The Labute approximate surface area is 159 Å². The van der Waals surface area contributed by atoms with E-state index < -0.39 is 15.8 Å². The fourth-order valence-corrected chi connectivity index (χ4v) is 4.39. The number of hydrogen-bond donors (Lipinski definition) is 0. The molecule has 1 aliphatic rings. The quantitative estimate of drug-likeness (QED) is 0.620. The summed E-state index contributed by atoms with van der Waals surface area (Å²) >= 11 is 1.39. The normalized spacial score (nSPS) is 15.0. The Morgan fingerprint density at radius 3 is 2.59 bits per heavy atom. The number of halogens is 1. The van der Waals surface area contributed by atoms with E-state index in [1.165, 1.54) is 47.7 Å². The summed E-state index contributed by atoms with van der Waals surface area (Å²) in [4.78, 5) is 18.8. The van der Waals surface area contributed by atoms with Crippen LogP contribution in [-0.2, 0) is 14.6 Å². The second kappa shape index (κ2) is 6.58. The molecule has 1 aromatic heterocycles. The molecular formula is C18H15FN2O4S2. The second-order valence-corrected chi connectivity index (χ2v) is 9.36. The lowest BCUT2D eigenvalue weighted by Crippen LogP contribution is -2.53. The molecule has 0 unspecified atom stereocenters. The maximum absolute atomic E-state index is 13.3. The molecule has 0 spiro atoms. The van der Waals surface area contributed by atoms with Crippen molar-refractivity contribution in [1.29, 1.82) is 0 Å². The van der Waals surface area contributed by atoms with E-state index in [2.05, 4.69) is 4.98 Å². The minimum atomic E-state index is -3.30. The number of fused-ring (bicyclic) bond motifs is 1. The van der Waals surface area contributed by atoms with Crippen molar-refractivity contribution in [2.45, 2.75) is 11.0 Å². The summed E-state index contributed by atoms with van der Waals surface area (Å²) in [6.45, 7) is 1.02. The summed E-state index contributed by atoms with van der Waals surface area (Å²) in [5.41, 5.74) is 1.04. The highest BCUT2D eigenvalue weighted by molar-refractivity contribution is 7.90. The van der Waals surface area contributed by atoms with Crippen LogP contribution in [0.4, 0.5) is 9.52 Å². The topological polar surface area (TPSA) is 76.6 Å². The van der Waals surface area contributed by atoms with E-state index >= 15 is 0 Å². The monoisotopic (exact) mass is 406 g/mol. The van der Waals surface area contributed by atoms with Crippen LogP contribution in [-0.4, -0.2) is 44.8 Å². The lowest BCUT2D eigenvalue weighted by atomic mass is 10.2. The molecule has 0 aliphatic carbocycles. The van der Waals surface area contributed by atoms with E-state index in [9.17, 15) is 17.6 Å². The molecule has 140 valence electrons. The van der Waals surface area contributed by atoms with E-state index in [0.29, 0.717) is 18.7 Å². The second-order valence-electron chi connectivity index (χ2n) is 6.34. The number of carbonyl (C=O) groups is 1. The maximum Gasteiger partial charge on any atom is 0.338 e. The zero-order valence-corrected chi connectivity index (χ0v) is 15.9. The molecule has 0 bridgehead atoms. The largest absolute Gasteiger partial charge is 0.455 e. The molecule has 1 fully saturated rings. The van der Waals surface area contributed by atoms with Crippen molar-refractivity contribution in [3.05, 3.63) is 53.8 Å². The van der Waals surface area contributed by atoms with Crippen LogP contribution in [0, 0.1) is 5.82 Å². The van der Waals surface area contributed by atoms with Crippen molar-refractivity contribution < 1.29 is 22.3 Å². The standard InChI is InChI=1S/C18H15FN2O4S2/c1-27(23,24)14-5-2-11(3-6-14)17(22)25-13-9-21(10-13)18-20-15-7-4-12(19)8-16(15)26-18/h2-8,13H,9-10H2,1H3. The van der Waals surface area contributed by atoms with Crippen LogP contribution in [0.25, 0.3) is 10.2 Å². The molecule has 9 heteroatoms. The first-order valence-corrected chi connectivity index (χ1v) is 10.8. The molecular weight excluding hydrogens is 391 g/mol. The van der Waals surface area contributed by atoms with Crippen LogP contribution >= 0.6 is 11.3 Å². The van der Waals surface area contributed by atoms with Crippen LogP contribution in [0.3, 0.4) is 0 Å². The maximum atomic E-state index is 13.3. The van der Waals surface area contributed by atoms with Crippen molar-refractivity contribution in [2.24, 2.45) is 0 Å². The summed E-state index contributed by atoms with van der Waals surface area (Å²) < 4.78 is 42.4. The van der Waals surface area contributed by atoms with Gasteiger partial charge in [-0.3, -0.25) is 0 Å². The van der Waals surface area contributed by atoms with Crippen molar-refractivity contribution >= 4 is 42.5 Å². The molecule has 0 atom stereocenters. The minimum absolute atomic E-state index is 0.154. The summed E-state index contributed by atoms with van der Waals surface area (Å²) in [6.07, 6.45) is 0.843. The molecule has 3 aromatic rings. The Morgan fingerprint density at radius 1 is 1.22 bits per heavy atom. The highest BCUT2D eigenvalue weighted by Gasteiger charge is 2.32. The average molecular weight is 406 g/mol. The first-order valence-electron chi connectivity index (χ1n) is 8.12. The van der Waals surface area contributed by atoms with Gasteiger partial charge in [-0.25, -0.2) is 22.6 Å². The molecule has 6 nitrogen and oxygen atoms in total. The number of rotatable bonds is 4. The Bertz CT molecular complexity index is 1120. The fraction of sp³-hybridized carbons (Fsp3) is 0.222. The zero-order valence-electron chi connectivity index (χ0n) is 14.3. The summed E-state index contributed by atoms with van der Waals surface area (Å²) in [6, 6.07) is 10.1. The van der Waals surface area contributed by atoms with E-state index in [4.69, 9.17) is 4.74 Å². The molecule has 0 saturated carbocycles. The molecule has 0 amide bonds. The van der Waals surface area contributed by atoms with Crippen LogP contribution in [0.15, 0.2) is 47.4 Å². The van der Waals surface area contributed by atoms with Gasteiger partial charge < -0.3 is 9.64 Å². The highest BCUT2D eigenvalue weighted by atomic mass is 32.2. The Morgan fingerprint density at radius 2 is 1.93 bits per heavy atom. The molecule has 0 N–H and O–H groups in total. The third-order valence-corrected chi connectivity index (χ3v) is 6.46. The third kappa shape index (κ3) is 3.65. The van der Waals surface area contributed by atoms with E-state index in [1.54, 1.807) is 6.07 Å². The predicted octanol–water partition coefficient (Wildman–Crippen LogP) is 2.88.